The molecule has 2 rings (SSSR count). The van der Waals surface area contributed by atoms with Crippen molar-refractivity contribution in [2.24, 2.45) is 0 Å². The number of aromatic amines is 1. The summed E-state index contributed by atoms with van der Waals surface area (Å²) in [5, 5.41) is 0. The normalized spacial score (nSPS) is 9.48. The average Bonchev–Trinajstić information content (AvgIpc) is 3.04. The van der Waals surface area contributed by atoms with Crippen LogP contribution in [0.4, 0.5) is 0 Å². The molecule has 0 saturated heterocycles. The van der Waals surface area contributed by atoms with Gasteiger partial charge in [-0.1, -0.05) is 0 Å². The van der Waals surface area contributed by atoms with Crippen molar-refractivity contribution in [3.63, 3.8) is 0 Å². The van der Waals surface area contributed by atoms with Gasteiger partial charge in [-0.25, -0.2) is 14.8 Å². The summed E-state index contributed by atoms with van der Waals surface area (Å²) in [4.78, 5) is 22.9. The molecule has 0 fully saturated rings. The highest BCUT2D eigenvalue weighted by atomic mass is 16.5. The maximum atomic E-state index is 11.9. The number of aromatic nitrogens is 3. The molecule has 0 aliphatic carbocycles. The molecule has 2 aromatic heterocycles. The number of hydrogen-bond donors (Lipinski definition) is 1. The average molecular weight is 287 g/mol. The molecular formula is C14H13N3O4. The molecule has 0 aliphatic heterocycles. The van der Waals surface area contributed by atoms with Gasteiger partial charge in [0.05, 0.1) is 21.3 Å². The van der Waals surface area contributed by atoms with Crippen molar-refractivity contribution >= 4 is 5.97 Å². The summed E-state index contributed by atoms with van der Waals surface area (Å²) in [5.74, 6) is 5.95. The van der Waals surface area contributed by atoms with Crippen molar-refractivity contribution in [3.05, 3.63) is 35.5 Å². The first kappa shape index (κ1) is 14.4. The van der Waals surface area contributed by atoms with E-state index in [2.05, 4.69) is 26.8 Å². The summed E-state index contributed by atoms with van der Waals surface area (Å²) < 4.78 is 15.0. The third-order valence-electron chi connectivity index (χ3n) is 2.58. The zero-order valence-corrected chi connectivity index (χ0v) is 11.8. The maximum Gasteiger partial charge on any atom is 0.344 e. The number of nitrogens with zero attached hydrogens (tertiary/aromatic N) is 2. The van der Waals surface area contributed by atoms with Crippen LogP contribution in [0.2, 0.25) is 0 Å². The molecule has 0 saturated carbocycles. The molecule has 0 unspecified atom stereocenters. The summed E-state index contributed by atoms with van der Waals surface area (Å²) in [5.41, 5.74) is 0.328. The van der Waals surface area contributed by atoms with Gasteiger partial charge in [0.1, 0.15) is 17.0 Å². The molecule has 0 bridgehead atoms. The van der Waals surface area contributed by atoms with E-state index in [0.717, 1.165) is 0 Å². The Balaban J connectivity index is 2.57. The van der Waals surface area contributed by atoms with E-state index in [1.54, 1.807) is 12.4 Å². The second kappa shape index (κ2) is 6.43. The van der Waals surface area contributed by atoms with Crippen molar-refractivity contribution in [1.29, 1.82) is 0 Å². The molecular weight excluding hydrogens is 274 g/mol. The van der Waals surface area contributed by atoms with E-state index in [-0.39, 0.29) is 22.9 Å². The number of hydrogen-bond acceptors (Lipinski definition) is 6. The number of pyridine rings is 1. The molecule has 0 spiro atoms. The van der Waals surface area contributed by atoms with E-state index in [1.165, 1.54) is 27.4 Å². The maximum absolute atomic E-state index is 11.9. The van der Waals surface area contributed by atoms with Crippen LogP contribution in [0.15, 0.2) is 18.5 Å². The van der Waals surface area contributed by atoms with Crippen LogP contribution in [0.3, 0.4) is 0 Å². The summed E-state index contributed by atoms with van der Waals surface area (Å²) in [6.07, 6.45) is 3.22. The Morgan fingerprint density at radius 2 is 2.05 bits per heavy atom. The lowest BCUT2D eigenvalue weighted by atomic mass is 10.1. The number of rotatable bonds is 3. The molecule has 0 aromatic carbocycles. The molecule has 108 valence electrons. The van der Waals surface area contributed by atoms with Gasteiger partial charge in [0.15, 0.2) is 5.82 Å². The van der Waals surface area contributed by atoms with Crippen LogP contribution in [0.5, 0.6) is 11.6 Å². The summed E-state index contributed by atoms with van der Waals surface area (Å²) in [7, 11) is 4.17. The van der Waals surface area contributed by atoms with Crippen LogP contribution in [0, 0.1) is 11.8 Å². The van der Waals surface area contributed by atoms with Crippen LogP contribution < -0.4 is 9.47 Å². The minimum atomic E-state index is -0.592. The highest BCUT2D eigenvalue weighted by Crippen LogP contribution is 2.26. The lowest BCUT2D eigenvalue weighted by molar-refractivity contribution is 0.0596. The van der Waals surface area contributed by atoms with Crippen molar-refractivity contribution in [2.45, 2.75) is 0 Å². The molecule has 2 heterocycles. The van der Waals surface area contributed by atoms with Gasteiger partial charge >= 0.3 is 5.97 Å². The molecule has 1 N–H and O–H groups in total. The zero-order valence-electron chi connectivity index (χ0n) is 11.8. The van der Waals surface area contributed by atoms with E-state index in [4.69, 9.17) is 14.2 Å². The molecule has 0 amide bonds. The first-order valence-corrected chi connectivity index (χ1v) is 5.92. The number of H-pyrrole nitrogens is 1. The fraction of sp³-hybridized carbons (Fsp3) is 0.214. The van der Waals surface area contributed by atoms with Crippen LogP contribution in [0.25, 0.3) is 0 Å². The lowest BCUT2D eigenvalue weighted by Crippen LogP contribution is -2.09. The van der Waals surface area contributed by atoms with Crippen molar-refractivity contribution < 1.29 is 19.0 Å². The zero-order chi connectivity index (χ0) is 15.2. The minimum Gasteiger partial charge on any atom is -0.496 e. The second-order valence-corrected chi connectivity index (χ2v) is 3.77. The largest absolute Gasteiger partial charge is 0.496 e. The third-order valence-corrected chi connectivity index (χ3v) is 2.58. The Bertz CT molecular complexity index is 699. The monoisotopic (exact) mass is 287 g/mol. The Morgan fingerprint density at radius 3 is 2.62 bits per heavy atom. The predicted octanol–water partition coefficient (Wildman–Crippen LogP) is 1.01. The number of nitrogens with one attached hydrogen (secondary N) is 1. The Hall–Kier alpha value is -3.01. The molecule has 2 aromatic rings. The molecule has 21 heavy (non-hydrogen) atoms. The topological polar surface area (TPSA) is 86.3 Å². The number of carbonyl (C=O) groups excluding carboxylic acids is 1. The Kier molecular flexibility index (Phi) is 4.41. The summed E-state index contributed by atoms with van der Waals surface area (Å²) in [6, 6.07) is 1.49. The standard InChI is InChI=1S/C14H13N3O4/c1-19-10-8-12(20-2)17-9(13(10)14(18)21-3)4-5-11-15-6-7-16-11/h6-8H,1-3H3,(H,15,16). The van der Waals surface area contributed by atoms with E-state index >= 15 is 0 Å². The van der Waals surface area contributed by atoms with E-state index < -0.39 is 5.97 Å². The molecule has 0 atom stereocenters. The fourth-order valence-corrected chi connectivity index (χ4v) is 1.61. The van der Waals surface area contributed by atoms with Crippen LogP contribution >= 0.6 is 0 Å². The summed E-state index contributed by atoms with van der Waals surface area (Å²) >= 11 is 0. The number of imidazole rings is 1. The van der Waals surface area contributed by atoms with E-state index in [0.29, 0.717) is 5.82 Å². The number of methoxy groups -OCH3 is 3. The molecule has 7 heteroatoms. The number of ether oxygens (including phenoxy) is 3. The van der Waals surface area contributed by atoms with Crippen molar-refractivity contribution in [2.75, 3.05) is 21.3 Å². The number of carbonyl (C=O) groups is 1. The van der Waals surface area contributed by atoms with Crippen molar-refractivity contribution in [3.8, 4) is 23.5 Å². The van der Waals surface area contributed by atoms with Gasteiger partial charge in [-0.3, -0.25) is 0 Å². The van der Waals surface area contributed by atoms with Crippen LogP contribution in [-0.2, 0) is 4.74 Å². The van der Waals surface area contributed by atoms with Gasteiger partial charge in [0.2, 0.25) is 5.88 Å². The third kappa shape index (κ3) is 3.12. The lowest BCUT2D eigenvalue weighted by Gasteiger charge is -2.10. The first-order chi connectivity index (χ1) is 10.2. The molecule has 0 radical (unpaired) electrons. The van der Waals surface area contributed by atoms with Gasteiger partial charge in [0, 0.05) is 18.5 Å². The Morgan fingerprint density at radius 1 is 1.24 bits per heavy atom. The van der Waals surface area contributed by atoms with E-state index in [9.17, 15) is 4.79 Å². The van der Waals surface area contributed by atoms with E-state index in [1.807, 2.05) is 0 Å². The quantitative estimate of drug-likeness (QED) is 0.669. The van der Waals surface area contributed by atoms with Gasteiger partial charge in [0.25, 0.3) is 0 Å². The minimum absolute atomic E-state index is 0.139. The number of esters is 1. The first-order valence-electron chi connectivity index (χ1n) is 5.92. The fourth-order valence-electron chi connectivity index (χ4n) is 1.61. The van der Waals surface area contributed by atoms with Gasteiger partial charge in [-0.05, 0) is 11.8 Å². The van der Waals surface area contributed by atoms with Gasteiger partial charge in [-0.2, -0.15) is 0 Å². The Labute approximate surface area is 121 Å². The second-order valence-electron chi connectivity index (χ2n) is 3.77. The highest BCUT2D eigenvalue weighted by molar-refractivity contribution is 5.95. The van der Waals surface area contributed by atoms with Gasteiger partial charge in [-0.15, -0.1) is 0 Å². The van der Waals surface area contributed by atoms with Gasteiger partial charge < -0.3 is 19.2 Å². The summed E-state index contributed by atoms with van der Waals surface area (Å²) in [6.45, 7) is 0. The smallest absolute Gasteiger partial charge is 0.344 e. The predicted molar refractivity (Wildman–Crippen MR) is 73.2 cm³/mol. The highest BCUT2D eigenvalue weighted by Gasteiger charge is 2.20. The van der Waals surface area contributed by atoms with Crippen LogP contribution in [0.1, 0.15) is 21.9 Å². The van der Waals surface area contributed by atoms with Crippen LogP contribution in [-0.4, -0.2) is 42.3 Å². The molecule has 7 nitrogen and oxygen atoms in total. The SMILES string of the molecule is COC(=O)c1c(OC)cc(OC)nc1C#Cc1ncc[nH]1. The van der Waals surface area contributed by atoms with Crippen molar-refractivity contribution in [1.82, 2.24) is 15.0 Å². The molecule has 0 aliphatic rings.